The Morgan fingerprint density at radius 3 is 2.65 bits per heavy atom. The lowest BCUT2D eigenvalue weighted by molar-refractivity contribution is -0.0527. The summed E-state index contributed by atoms with van der Waals surface area (Å²) in [6.45, 7) is 8.45. The van der Waals surface area contributed by atoms with Gasteiger partial charge in [0, 0.05) is 18.8 Å². The highest BCUT2D eigenvalue weighted by Crippen LogP contribution is 2.41. The lowest BCUT2D eigenvalue weighted by Gasteiger charge is -2.34. The van der Waals surface area contributed by atoms with Crippen LogP contribution in [0.25, 0.3) is 6.08 Å². The molecule has 1 aliphatic carbocycles. The van der Waals surface area contributed by atoms with E-state index < -0.39 is 0 Å². The molecular formula is C18H23NO. The molecule has 0 spiro atoms. The summed E-state index contributed by atoms with van der Waals surface area (Å²) in [5.41, 5.74) is 3.76. The average molecular weight is 269 g/mol. The van der Waals surface area contributed by atoms with Gasteiger partial charge in [0.15, 0.2) is 0 Å². The fraction of sp³-hybridized carbons (Fsp3) is 0.444. The third-order valence-electron chi connectivity index (χ3n) is 3.75. The van der Waals surface area contributed by atoms with Crippen molar-refractivity contribution < 1.29 is 4.74 Å². The van der Waals surface area contributed by atoms with E-state index >= 15 is 0 Å². The highest BCUT2D eigenvalue weighted by Gasteiger charge is 2.32. The van der Waals surface area contributed by atoms with Crippen molar-refractivity contribution in [1.82, 2.24) is 4.90 Å². The molecule has 1 unspecified atom stereocenters. The topological polar surface area (TPSA) is 12.5 Å². The van der Waals surface area contributed by atoms with Crippen molar-refractivity contribution in [1.29, 1.82) is 0 Å². The Hall–Kier alpha value is -1.54. The number of ether oxygens (including phenoxy) is 1. The monoisotopic (exact) mass is 269 g/mol. The molecule has 0 bridgehead atoms. The van der Waals surface area contributed by atoms with Crippen LogP contribution in [-0.2, 0) is 4.74 Å². The van der Waals surface area contributed by atoms with Gasteiger partial charge in [-0.2, -0.15) is 0 Å². The van der Waals surface area contributed by atoms with Crippen molar-refractivity contribution in [2.75, 3.05) is 13.1 Å². The summed E-state index contributed by atoms with van der Waals surface area (Å²) in [7, 11) is 0. The Morgan fingerprint density at radius 2 is 1.95 bits per heavy atom. The zero-order chi connectivity index (χ0) is 14.2. The van der Waals surface area contributed by atoms with E-state index in [1.54, 1.807) is 0 Å². The second-order valence-corrected chi connectivity index (χ2v) is 6.51. The third kappa shape index (κ3) is 2.66. The first-order valence-electron chi connectivity index (χ1n) is 7.43. The smallest absolute Gasteiger partial charge is 0.123 e. The Kier molecular flexibility index (Phi) is 3.43. The van der Waals surface area contributed by atoms with Crippen LogP contribution in [0.3, 0.4) is 0 Å². The molecule has 1 heterocycles. The fourth-order valence-corrected chi connectivity index (χ4v) is 2.89. The number of hydrogen-bond acceptors (Lipinski definition) is 2. The maximum Gasteiger partial charge on any atom is 0.123 e. The van der Waals surface area contributed by atoms with Crippen LogP contribution >= 0.6 is 0 Å². The van der Waals surface area contributed by atoms with Crippen molar-refractivity contribution in [3.05, 3.63) is 53.2 Å². The van der Waals surface area contributed by atoms with Crippen LogP contribution in [0.1, 0.15) is 44.4 Å². The molecule has 1 aromatic carbocycles. The molecule has 0 N–H and O–H groups in total. The summed E-state index contributed by atoms with van der Waals surface area (Å²) in [6, 6.07) is 8.57. The van der Waals surface area contributed by atoms with Crippen LogP contribution < -0.4 is 0 Å². The Morgan fingerprint density at radius 1 is 1.15 bits per heavy atom. The van der Waals surface area contributed by atoms with Gasteiger partial charge in [-0.25, -0.2) is 0 Å². The largest absolute Gasteiger partial charge is 0.368 e. The van der Waals surface area contributed by atoms with Gasteiger partial charge >= 0.3 is 0 Å². The average Bonchev–Trinajstić information content (AvgIpc) is 2.77. The predicted molar refractivity (Wildman–Crippen MR) is 83.3 cm³/mol. The molecule has 2 aliphatic rings. The predicted octanol–water partition coefficient (Wildman–Crippen LogP) is 4.16. The zero-order valence-electron chi connectivity index (χ0n) is 12.6. The standard InChI is InChI=1S/C18H23NO/c1-18(2,3)20-17-15-10-6-5-9-14(15)13-16(17)19-11-7-4-8-12-19/h4-7,9-10,13,17H,8,11-12H2,1-3H3. The molecule has 20 heavy (non-hydrogen) atoms. The molecule has 1 aliphatic heterocycles. The van der Waals surface area contributed by atoms with Gasteiger partial charge in [0.1, 0.15) is 6.10 Å². The van der Waals surface area contributed by atoms with Crippen molar-refractivity contribution in [3.8, 4) is 0 Å². The summed E-state index contributed by atoms with van der Waals surface area (Å²) < 4.78 is 6.36. The molecule has 0 saturated heterocycles. The first-order chi connectivity index (χ1) is 9.54. The SMILES string of the molecule is CC(C)(C)OC1C(N2CC=CCC2)=Cc2ccccc21. The summed E-state index contributed by atoms with van der Waals surface area (Å²) in [5.74, 6) is 0. The second-order valence-electron chi connectivity index (χ2n) is 6.51. The number of hydrogen-bond donors (Lipinski definition) is 0. The maximum atomic E-state index is 6.36. The molecule has 3 rings (SSSR count). The van der Waals surface area contributed by atoms with Gasteiger partial charge in [-0.3, -0.25) is 0 Å². The van der Waals surface area contributed by atoms with Crippen molar-refractivity contribution in [2.24, 2.45) is 0 Å². The van der Waals surface area contributed by atoms with E-state index in [0.717, 1.165) is 19.5 Å². The van der Waals surface area contributed by atoms with Gasteiger partial charge in [0.05, 0.1) is 5.60 Å². The second kappa shape index (κ2) is 5.10. The van der Waals surface area contributed by atoms with Gasteiger partial charge < -0.3 is 9.64 Å². The van der Waals surface area contributed by atoms with Gasteiger partial charge in [-0.1, -0.05) is 36.4 Å². The van der Waals surface area contributed by atoms with E-state index in [2.05, 4.69) is 68.2 Å². The lowest BCUT2D eigenvalue weighted by atomic mass is 10.1. The molecule has 0 fully saturated rings. The first kappa shape index (κ1) is 13.4. The van der Waals surface area contributed by atoms with E-state index in [-0.39, 0.29) is 11.7 Å². The summed E-state index contributed by atoms with van der Waals surface area (Å²) in [6.07, 6.45) is 8.00. The molecule has 0 amide bonds. The summed E-state index contributed by atoms with van der Waals surface area (Å²) in [4.78, 5) is 2.44. The Labute approximate surface area is 121 Å². The van der Waals surface area contributed by atoms with E-state index in [1.165, 1.54) is 16.8 Å². The Bertz CT molecular complexity index is 551. The fourth-order valence-electron chi connectivity index (χ4n) is 2.89. The minimum Gasteiger partial charge on any atom is -0.368 e. The number of fused-ring (bicyclic) bond motifs is 1. The van der Waals surface area contributed by atoms with Crippen LogP contribution in [0.5, 0.6) is 0 Å². The molecular weight excluding hydrogens is 246 g/mol. The first-order valence-corrected chi connectivity index (χ1v) is 7.43. The Balaban J connectivity index is 1.93. The van der Waals surface area contributed by atoms with E-state index in [0.29, 0.717) is 0 Å². The van der Waals surface area contributed by atoms with E-state index in [9.17, 15) is 0 Å². The van der Waals surface area contributed by atoms with Gasteiger partial charge in [0.2, 0.25) is 0 Å². The van der Waals surface area contributed by atoms with Crippen LogP contribution in [0.2, 0.25) is 0 Å². The van der Waals surface area contributed by atoms with Crippen molar-refractivity contribution in [2.45, 2.75) is 38.9 Å². The van der Waals surface area contributed by atoms with Crippen LogP contribution in [-0.4, -0.2) is 23.6 Å². The number of rotatable bonds is 2. The molecule has 0 aromatic heterocycles. The van der Waals surface area contributed by atoms with E-state index in [4.69, 9.17) is 4.74 Å². The highest BCUT2D eigenvalue weighted by molar-refractivity contribution is 5.65. The third-order valence-corrected chi connectivity index (χ3v) is 3.75. The van der Waals surface area contributed by atoms with Crippen LogP contribution in [0, 0.1) is 0 Å². The molecule has 1 aromatic rings. The van der Waals surface area contributed by atoms with Crippen LogP contribution in [0.15, 0.2) is 42.1 Å². The normalized spacial score (nSPS) is 21.9. The van der Waals surface area contributed by atoms with Crippen LogP contribution in [0.4, 0.5) is 0 Å². The minimum absolute atomic E-state index is 0.0673. The quantitative estimate of drug-likeness (QED) is 0.747. The minimum atomic E-state index is -0.146. The highest BCUT2D eigenvalue weighted by atomic mass is 16.5. The van der Waals surface area contributed by atoms with Gasteiger partial charge in [-0.15, -0.1) is 0 Å². The number of benzene rings is 1. The number of nitrogens with zero attached hydrogens (tertiary/aromatic N) is 1. The summed E-state index contributed by atoms with van der Waals surface area (Å²) >= 11 is 0. The molecule has 106 valence electrons. The molecule has 2 heteroatoms. The maximum absolute atomic E-state index is 6.36. The van der Waals surface area contributed by atoms with Gasteiger partial charge in [0.25, 0.3) is 0 Å². The lowest BCUT2D eigenvalue weighted by Crippen LogP contribution is -2.32. The molecule has 1 atom stereocenters. The van der Waals surface area contributed by atoms with Crippen molar-refractivity contribution >= 4 is 6.08 Å². The van der Waals surface area contributed by atoms with Crippen molar-refractivity contribution in [3.63, 3.8) is 0 Å². The molecule has 0 radical (unpaired) electrons. The zero-order valence-corrected chi connectivity index (χ0v) is 12.6. The molecule has 2 nitrogen and oxygen atoms in total. The molecule has 0 saturated carbocycles. The summed E-state index contributed by atoms with van der Waals surface area (Å²) in [5, 5.41) is 0. The van der Waals surface area contributed by atoms with Gasteiger partial charge in [-0.05, 0) is 44.4 Å². The van der Waals surface area contributed by atoms with E-state index in [1.807, 2.05) is 0 Å².